The van der Waals surface area contributed by atoms with Crippen molar-refractivity contribution < 1.29 is 14.6 Å². The molecule has 0 unspecified atom stereocenters. The smallest absolute Gasteiger partial charge is 0.306 e. The minimum Gasteiger partial charge on any atom is -0.493 e. The summed E-state index contributed by atoms with van der Waals surface area (Å²) in [6.45, 7) is 6.87. The number of fused-ring (bicyclic) bond motifs is 3. The van der Waals surface area contributed by atoms with Crippen molar-refractivity contribution in [2.24, 2.45) is 10.9 Å². The summed E-state index contributed by atoms with van der Waals surface area (Å²) in [6, 6.07) is 15.9. The molecule has 4 aromatic rings. The van der Waals surface area contributed by atoms with Gasteiger partial charge in [0.25, 0.3) is 0 Å². The summed E-state index contributed by atoms with van der Waals surface area (Å²) < 4.78 is 7.95. The lowest BCUT2D eigenvalue weighted by Gasteiger charge is -2.12. The van der Waals surface area contributed by atoms with Crippen LogP contribution in [0.25, 0.3) is 16.1 Å². The lowest BCUT2D eigenvalue weighted by atomic mass is 9.97. The van der Waals surface area contributed by atoms with Gasteiger partial charge in [0.2, 0.25) is 0 Å². The first kappa shape index (κ1) is 23.6. The first-order chi connectivity index (χ1) is 17.9. The molecule has 0 saturated heterocycles. The molecule has 1 N–H and O–H groups in total. The topological polar surface area (TPSA) is 89.6 Å². The summed E-state index contributed by atoms with van der Waals surface area (Å²) in [6.07, 6.45) is 2.38. The number of aryl methyl sites for hydroxylation is 2. The highest BCUT2D eigenvalue weighted by molar-refractivity contribution is 7.15. The van der Waals surface area contributed by atoms with Crippen LogP contribution in [0, 0.1) is 26.7 Å². The third kappa shape index (κ3) is 4.46. The number of thiophene rings is 1. The summed E-state index contributed by atoms with van der Waals surface area (Å²) >= 11 is 1.66. The van der Waals surface area contributed by atoms with Crippen LogP contribution in [0.15, 0.2) is 53.5 Å². The van der Waals surface area contributed by atoms with Crippen molar-refractivity contribution in [3.63, 3.8) is 0 Å². The zero-order valence-electron chi connectivity index (χ0n) is 21.1. The Hall–Kier alpha value is -3.78. The van der Waals surface area contributed by atoms with Crippen molar-refractivity contribution in [2.75, 3.05) is 6.61 Å². The maximum Gasteiger partial charge on any atom is 0.306 e. The number of hydrogen-bond acceptors (Lipinski definition) is 6. The largest absolute Gasteiger partial charge is 0.493 e. The highest BCUT2D eigenvalue weighted by Crippen LogP contribution is 2.40. The zero-order chi connectivity index (χ0) is 25.7. The predicted octanol–water partition coefficient (Wildman–Crippen LogP) is 6.08. The summed E-state index contributed by atoms with van der Waals surface area (Å²) in [5.41, 5.74) is 6.07. The fraction of sp³-hybridized carbons (Fsp3) is 0.310. The Labute approximate surface area is 219 Å². The first-order valence-corrected chi connectivity index (χ1v) is 13.4. The number of hydrogen-bond donors (Lipinski definition) is 1. The number of aromatic nitrogens is 3. The molecular formula is C29H28N4O3S. The molecule has 1 aliphatic carbocycles. The molecule has 1 aliphatic heterocycles. The molecule has 1 saturated carbocycles. The Balaban J connectivity index is 1.40. The van der Waals surface area contributed by atoms with Gasteiger partial charge in [-0.15, -0.1) is 21.5 Å². The van der Waals surface area contributed by atoms with Gasteiger partial charge in [-0.3, -0.25) is 14.4 Å². The van der Waals surface area contributed by atoms with Gasteiger partial charge in [0.15, 0.2) is 5.82 Å². The molecule has 2 aromatic carbocycles. The zero-order valence-corrected chi connectivity index (χ0v) is 21.9. The summed E-state index contributed by atoms with van der Waals surface area (Å²) in [4.78, 5) is 18.0. The molecule has 37 heavy (non-hydrogen) atoms. The molecule has 8 heteroatoms. The molecule has 0 spiro atoms. The van der Waals surface area contributed by atoms with Crippen LogP contribution < -0.4 is 4.74 Å². The number of ether oxygens (including phenoxy) is 1. The van der Waals surface area contributed by atoms with Crippen molar-refractivity contribution in [1.82, 2.24) is 14.8 Å². The second-order valence-electron chi connectivity index (χ2n) is 9.86. The van der Waals surface area contributed by atoms with Crippen molar-refractivity contribution in [3.8, 4) is 21.9 Å². The quantitative estimate of drug-likeness (QED) is 0.324. The third-order valence-electron chi connectivity index (χ3n) is 7.12. The maximum absolute atomic E-state index is 11.8. The van der Waals surface area contributed by atoms with Crippen molar-refractivity contribution >= 4 is 23.0 Å². The number of carboxylic acids is 1. The summed E-state index contributed by atoms with van der Waals surface area (Å²) in [5.74, 6) is 1.97. The van der Waals surface area contributed by atoms with Crippen molar-refractivity contribution in [3.05, 3.63) is 81.7 Å². The van der Waals surface area contributed by atoms with Crippen LogP contribution in [0.5, 0.6) is 5.75 Å². The normalized spacial score (nSPS) is 16.5. The Morgan fingerprint density at radius 2 is 1.81 bits per heavy atom. The highest BCUT2D eigenvalue weighted by Gasteiger charge is 2.32. The Kier molecular flexibility index (Phi) is 5.91. The summed E-state index contributed by atoms with van der Waals surface area (Å²) in [5, 5.41) is 19.2. The Morgan fingerprint density at radius 3 is 2.54 bits per heavy atom. The number of carbonyl (C=O) groups is 1. The van der Waals surface area contributed by atoms with E-state index in [-0.39, 0.29) is 6.42 Å². The molecule has 188 valence electrons. The first-order valence-electron chi connectivity index (χ1n) is 12.5. The van der Waals surface area contributed by atoms with E-state index in [1.165, 1.54) is 17.7 Å². The molecule has 6 rings (SSSR count). The lowest BCUT2D eigenvalue weighted by molar-refractivity contribution is -0.137. The molecule has 1 fully saturated rings. The van der Waals surface area contributed by atoms with E-state index in [0.29, 0.717) is 11.7 Å². The molecule has 0 radical (unpaired) electrons. The Bertz CT molecular complexity index is 1530. The average Bonchev–Trinajstić information content (AvgIpc) is 3.60. The minimum atomic E-state index is -0.919. The number of benzene rings is 2. The van der Waals surface area contributed by atoms with E-state index >= 15 is 0 Å². The van der Waals surface area contributed by atoms with E-state index in [1.807, 2.05) is 23.6 Å². The van der Waals surface area contributed by atoms with Crippen molar-refractivity contribution in [2.45, 2.75) is 46.1 Å². The van der Waals surface area contributed by atoms with Gasteiger partial charge in [-0.2, -0.15) is 0 Å². The number of nitrogens with zero attached hydrogens (tertiary/aromatic N) is 4. The molecular weight excluding hydrogens is 484 g/mol. The predicted molar refractivity (Wildman–Crippen MR) is 144 cm³/mol. The second kappa shape index (κ2) is 9.27. The van der Waals surface area contributed by atoms with Crippen LogP contribution in [-0.4, -0.2) is 38.2 Å². The van der Waals surface area contributed by atoms with Crippen LogP contribution in [0.3, 0.4) is 0 Å². The number of aliphatic carboxylic acids is 1. The highest BCUT2D eigenvalue weighted by atomic mass is 32.1. The van der Waals surface area contributed by atoms with Gasteiger partial charge >= 0.3 is 5.97 Å². The van der Waals surface area contributed by atoms with E-state index in [9.17, 15) is 9.90 Å². The van der Waals surface area contributed by atoms with Gasteiger partial charge in [0.05, 0.1) is 18.7 Å². The van der Waals surface area contributed by atoms with E-state index in [2.05, 4.69) is 60.4 Å². The average molecular weight is 513 g/mol. The number of carboxylic acid groups (broad SMARTS) is 1. The van der Waals surface area contributed by atoms with Gasteiger partial charge in [0.1, 0.15) is 22.6 Å². The molecule has 0 bridgehead atoms. The summed E-state index contributed by atoms with van der Waals surface area (Å²) in [7, 11) is 0. The van der Waals surface area contributed by atoms with Crippen LogP contribution >= 0.6 is 11.3 Å². The van der Waals surface area contributed by atoms with Crippen molar-refractivity contribution in [1.29, 1.82) is 0 Å². The molecule has 2 aromatic heterocycles. The number of rotatable bonds is 7. The van der Waals surface area contributed by atoms with Crippen LogP contribution in [-0.2, 0) is 4.79 Å². The van der Waals surface area contributed by atoms with Crippen LogP contribution in [0.2, 0.25) is 0 Å². The van der Waals surface area contributed by atoms with E-state index in [0.717, 1.165) is 56.7 Å². The van der Waals surface area contributed by atoms with Gasteiger partial charge in [-0.25, -0.2) is 0 Å². The Morgan fingerprint density at radius 1 is 1.05 bits per heavy atom. The SMILES string of the molecule is Cc1sc2c(c1C)C(c1ccc(-c3cccc(OCC4CC4)c3)cc1)=N[C@@H](CC(=O)O)c1nnc(C)n1-2. The molecule has 2 aliphatic rings. The van der Waals surface area contributed by atoms with E-state index in [1.54, 1.807) is 11.3 Å². The number of aliphatic imine (C=N–C) groups is 1. The van der Waals surface area contributed by atoms with E-state index in [4.69, 9.17) is 9.73 Å². The standard InChI is InChI=1S/C29H28N4O3S/c1-16-17(2)37-29-26(16)27(30-24(14-25(34)35)28-32-31-18(3)33(28)29)21-11-9-20(10-12-21)22-5-4-6-23(13-22)36-15-19-7-8-19/h4-6,9-13,19,24H,7-8,14-15H2,1-3H3,(H,34,35)/t24-/m0/s1. The van der Waals surface area contributed by atoms with Gasteiger partial charge < -0.3 is 9.84 Å². The molecule has 7 nitrogen and oxygen atoms in total. The molecule has 1 atom stereocenters. The van der Waals surface area contributed by atoms with E-state index < -0.39 is 12.0 Å². The minimum absolute atomic E-state index is 0.152. The van der Waals surface area contributed by atoms with Gasteiger partial charge in [-0.05, 0) is 68.4 Å². The molecule has 0 amide bonds. The fourth-order valence-corrected chi connectivity index (χ4v) is 5.99. The molecule has 3 heterocycles. The lowest BCUT2D eigenvalue weighted by Crippen LogP contribution is -2.10. The monoisotopic (exact) mass is 512 g/mol. The van der Waals surface area contributed by atoms with Crippen LogP contribution in [0.4, 0.5) is 0 Å². The second-order valence-corrected chi connectivity index (χ2v) is 11.1. The van der Waals surface area contributed by atoms with Gasteiger partial charge in [0, 0.05) is 16.0 Å². The third-order valence-corrected chi connectivity index (χ3v) is 8.31. The van der Waals surface area contributed by atoms with Gasteiger partial charge in [-0.1, -0.05) is 36.4 Å². The van der Waals surface area contributed by atoms with Crippen LogP contribution in [0.1, 0.15) is 58.5 Å². The maximum atomic E-state index is 11.8. The fourth-order valence-electron chi connectivity index (χ4n) is 4.77.